The zero-order valence-corrected chi connectivity index (χ0v) is 14.9. The van der Waals surface area contributed by atoms with E-state index in [-0.39, 0.29) is 11.9 Å². The van der Waals surface area contributed by atoms with Crippen molar-refractivity contribution in [1.29, 1.82) is 0 Å². The van der Waals surface area contributed by atoms with Crippen LogP contribution in [0, 0.1) is 5.92 Å². The van der Waals surface area contributed by atoms with E-state index < -0.39 is 12.1 Å². The fraction of sp³-hybridized carbons (Fsp3) is 0.579. The Labute approximate surface area is 148 Å². The zero-order chi connectivity index (χ0) is 18.1. The van der Waals surface area contributed by atoms with Crippen LogP contribution in [0.15, 0.2) is 18.2 Å². The SMILES string of the molecule is CC(C)CC1c2ccc(N3CC[C@H](N)C3=O)cc2CCCN1C(=O)O. The third-order valence-corrected chi connectivity index (χ3v) is 5.21. The van der Waals surface area contributed by atoms with Crippen LogP contribution in [0.3, 0.4) is 0 Å². The van der Waals surface area contributed by atoms with Crippen LogP contribution in [0.25, 0.3) is 0 Å². The van der Waals surface area contributed by atoms with Gasteiger partial charge in [-0.25, -0.2) is 4.79 Å². The molecule has 2 atom stereocenters. The monoisotopic (exact) mass is 345 g/mol. The van der Waals surface area contributed by atoms with Crippen LogP contribution in [0.4, 0.5) is 10.5 Å². The molecule has 1 fully saturated rings. The highest BCUT2D eigenvalue weighted by molar-refractivity contribution is 5.99. The first-order valence-electron chi connectivity index (χ1n) is 9.08. The minimum absolute atomic E-state index is 0.0283. The number of hydrogen-bond acceptors (Lipinski definition) is 3. The van der Waals surface area contributed by atoms with Crippen molar-refractivity contribution in [2.75, 3.05) is 18.0 Å². The molecule has 0 aliphatic carbocycles. The number of carboxylic acid groups (broad SMARTS) is 1. The highest BCUT2D eigenvalue weighted by Gasteiger charge is 2.32. The van der Waals surface area contributed by atoms with E-state index in [2.05, 4.69) is 19.9 Å². The van der Waals surface area contributed by atoms with Gasteiger partial charge >= 0.3 is 6.09 Å². The van der Waals surface area contributed by atoms with Crippen molar-refractivity contribution < 1.29 is 14.7 Å². The summed E-state index contributed by atoms with van der Waals surface area (Å²) < 4.78 is 0. The largest absolute Gasteiger partial charge is 0.465 e. The molecule has 0 bridgehead atoms. The molecule has 6 heteroatoms. The Morgan fingerprint density at radius 3 is 2.72 bits per heavy atom. The standard InChI is InChI=1S/C19H27N3O3/c1-12(2)10-17-15-6-5-14(21-9-7-16(20)18(21)23)11-13(15)4-3-8-22(17)19(24)25/h5-6,11-12,16-17H,3-4,7-10,20H2,1-2H3,(H,24,25)/t16-,17?/m0/s1. The topological polar surface area (TPSA) is 86.9 Å². The van der Waals surface area contributed by atoms with Crippen LogP contribution >= 0.6 is 0 Å². The molecule has 2 aliphatic heterocycles. The van der Waals surface area contributed by atoms with Crippen molar-refractivity contribution in [3.8, 4) is 0 Å². The van der Waals surface area contributed by atoms with Gasteiger partial charge in [0.05, 0.1) is 12.1 Å². The Kier molecular flexibility index (Phi) is 4.99. The van der Waals surface area contributed by atoms with Crippen LogP contribution in [-0.4, -0.2) is 41.1 Å². The number of fused-ring (bicyclic) bond motifs is 1. The molecule has 3 rings (SSSR count). The summed E-state index contributed by atoms with van der Waals surface area (Å²) in [6, 6.07) is 5.48. The van der Waals surface area contributed by atoms with Crippen LogP contribution in [0.1, 0.15) is 50.3 Å². The molecular formula is C19H27N3O3. The van der Waals surface area contributed by atoms with E-state index in [0.717, 1.165) is 36.1 Å². The van der Waals surface area contributed by atoms with Crippen LogP contribution in [-0.2, 0) is 11.2 Å². The minimum Gasteiger partial charge on any atom is -0.465 e. The summed E-state index contributed by atoms with van der Waals surface area (Å²) in [4.78, 5) is 27.3. The van der Waals surface area contributed by atoms with Crippen molar-refractivity contribution in [3.05, 3.63) is 29.3 Å². The molecule has 2 amide bonds. The molecule has 0 spiro atoms. The molecule has 25 heavy (non-hydrogen) atoms. The summed E-state index contributed by atoms with van der Waals surface area (Å²) >= 11 is 0. The number of benzene rings is 1. The third kappa shape index (κ3) is 3.49. The van der Waals surface area contributed by atoms with Gasteiger partial charge in [-0.1, -0.05) is 19.9 Å². The molecule has 1 unspecified atom stereocenters. The zero-order valence-electron chi connectivity index (χ0n) is 14.9. The quantitative estimate of drug-likeness (QED) is 0.882. The van der Waals surface area contributed by atoms with E-state index in [4.69, 9.17) is 5.73 Å². The summed E-state index contributed by atoms with van der Waals surface area (Å²) in [7, 11) is 0. The van der Waals surface area contributed by atoms with Crippen molar-refractivity contribution in [2.24, 2.45) is 11.7 Å². The van der Waals surface area contributed by atoms with Gasteiger partial charge in [0, 0.05) is 18.8 Å². The second kappa shape index (κ2) is 7.04. The van der Waals surface area contributed by atoms with E-state index in [0.29, 0.717) is 25.4 Å². The molecule has 6 nitrogen and oxygen atoms in total. The average Bonchev–Trinajstić information content (AvgIpc) is 2.78. The van der Waals surface area contributed by atoms with Gasteiger partial charge < -0.3 is 20.6 Å². The van der Waals surface area contributed by atoms with Crippen molar-refractivity contribution in [3.63, 3.8) is 0 Å². The van der Waals surface area contributed by atoms with Crippen LogP contribution in [0.2, 0.25) is 0 Å². The Balaban J connectivity index is 1.96. The second-order valence-electron chi connectivity index (χ2n) is 7.49. The number of nitrogens with two attached hydrogens (primary N) is 1. The Morgan fingerprint density at radius 1 is 1.36 bits per heavy atom. The molecule has 1 aromatic carbocycles. The van der Waals surface area contributed by atoms with Gasteiger partial charge in [0.25, 0.3) is 0 Å². The maximum atomic E-state index is 12.2. The first kappa shape index (κ1) is 17.7. The lowest BCUT2D eigenvalue weighted by molar-refractivity contribution is -0.118. The van der Waals surface area contributed by atoms with E-state index in [9.17, 15) is 14.7 Å². The molecule has 136 valence electrons. The normalized spacial score (nSPS) is 23.8. The van der Waals surface area contributed by atoms with Crippen molar-refractivity contribution in [2.45, 2.75) is 51.6 Å². The number of anilines is 1. The molecule has 3 N–H and O–H groups in total. The van der Waals surface area contributed by atoms with Gasteiger partial charge in [-0.2, -0.15) is 0 Å². The molecule has 0 radical (unpaired) electrons. The van der Waals surface area contributed by atoms with Gasteiger partial charge in [-0.05, 0) is 54.9 Å². The second-order valence-corrected chi connectivity index (χ2v) is 7.49. The lowest BCUT2D eigenvalue weighted by Gasteiger charge is -2.30. The molecular weight excluding hydrogens is 318 g/mol. The number of nitrogens with zero attached hydrogens (tertiary/aromatic N) is 2. The lowest BCUT2D eigenvalue weighted by atomic mass is 9.92. The number of rotatable bonds is 3. The Hall–Kier alpha value is -2.08. The number of amides is 2. The minimum atomic E-state index is -0.858. The summed E-state index contributed by atoms with van der Waals surface area (Å²) in [5.74, 6) is 0.370. The predicted molar refractivity (Wildman–Crippen MR) is 96.6 cm³/mol. The van der Waals surface area contributed by atoms with Crippen LogP contribution < -0.4 is 10.6 Å². The number of carbonyl (C=O) groups excluding carboxylic acids is 1. The van der Waals surface area contributed by atoms with Gasteiger partial charge in [-0.3, -0.25) is 4.79 Å². The van der Waals surface area contributed by atoms with Crippen LogP contribution in [0.5, 0.6) is 0 Å². The van der Waals surface area contributed by atoms with Crippen molar-refractivity contribution in [1.82, 2.24) is 4.90 Å². The third-order valence-electron chi connectivity index (χ3n) is 5.21. The maximum absolute atomic E-state index is 12.2. The van der Waals surface area contributed by atoms with E-state index in [1.54, 1.807) is 9.80 Å². The smallest absolute Gasteiger partial charge is 0.407 e. The molecule has 1 saturated heterocycles. The predicted octanol–water partition coefficient (Wildman–Crippen LogP) is 2.76. The van der Waals surface area contributed by atoms with E-state index >= 15 is 0 Å². The average molecular weight is 345 g/mol. The van der Waals surface area contributed by atoms with Gasteiger partial charge in [-0.15, -0.1) is 0 Å². The fourth-order valence-electron chi connectivity index (χ4n) is 3.95. The van der Waals surface area contributed by atoms with Gasteiger partial charge in [0.15, 0.2) is 0 Å². The van der Waals surface area contributed by atoms with E-state index in [1.165, 1.54) is 0 Å². The molecule has 2 heterocycles. The number of aryl methyl sites for hydroxylation is 1. The van der Waals surface area contributed by atoms with Gasteiger partial charge in [0.1, 0.15) is 0 Å². The molecule has 1 aromatic rings. The number of hydrogen-bond donors (Lipinski definition) is 2. The fourth-order valence-corrected chi connectivity index (χ4v) is 3.95. The highest BCUT2D eigenvalue weighted by atomic mass is 16.4. The van der Waals surface area contributed by atoms with Gasteiger partial charge in [0.2, 0.25) is 5.91 Å². The molecule has 0 aromatic heterocycles. The summed E-state index contributed by atoms with van der Waals surface area (Å²) in [6.45, 7) is 5.42. The Morgan fingerprint density at radius 2 is 2.12 bits per heavy atom. The first-order chi connectivity index (χ1) is 11.9. The summed E-state index contributed by atoms with van der Waals surface area (Å²) in [6.07, 6.45) is 2.24. The summed E-state index contributed by atoms with van der Waals surface area (Å²) in [5, 5.41) is 9.62. The highest BCUT2D eigenvalue weighted by Crippen LogP contribution is 2.36. The van der Waals surface area contributed by atoms with Crippen molar-refractivity contribution >= 4 is 17.7 Å². The van der Waals surface area contributed by atoms with E-state index in [1.807, 2.05) is 12.1 Å². The maximum Gasteiger partial charge on any atom is 0.407 e. The summed E-state index contributed by atoms with van der Waals surface area (Å²) in [5.41, 5.74) is 8.94. The molecule has 0 saturated carbocycles. The molecule has 2 aliphatic rings. The Bertz CT molecular complexity index is 674. The number of carbonyl (C=O) groups is 2. The first-order valence-corrected chi connectivity index (χ1v) is 9.08. The lowest BCUT2D eigenvalue weighted by Crippen LogP contribution is -2.35.